The second kappa shape index (κ2) is 7.06. The van der Waals surface area contributed by atoms with Crippen LogP contribution in [0, 0.1) is 5.92 Å². The van der Waals surface area contributed by atoms with Gasteiger partial charge in [-0.05, 0) is 12.8 Å². The Morgan fingerprint density at radius 1 is 1.19 bits per heavy atom. The zero-order valence-electron chi connectivity index (χ0n) is 9.77. The van der Waals surface area contributed by atoms with E-state index < -0.39 is 19.0 Å². The first kappa shape index (κ1) is 15.6. The molecule has 0 bridgehead atoms. The van der Waals surface area contributed by atoms with Gasteiger partial charge >= 0.3 is 12.3 Å². The summed E-state index contributed by atoms with van der Waals surface area (Å²) in [5.41, 5.74) is 0. The fraction of sp³-hybridized carbons (Fsp3) is 1.00. The number of rotatable bonds is 8. The van der Waals surface area contributed by atoms with Gasteiger partial charge in [0.2, 0.25) is 0 Å². The SMILES string of the molecule is CC(C)C(C)NCCOCC(F)(F)C(F)F. The third-order valence-electron chi connectivity index (χ3n) is 2.33. The highest BCUT2D eigenvalue weighted by atomic mass is 19.3. The van der Waals surface area contributed by atoms with Gasteiger partial charge in [-0.25, -0.2) is 8.78 Å². The van der Waals surface area contributed by atoms with Crippen molar-refractivity contribution < 1.29 is 22.3 Å². The van der Waals surface area contributed by atoms with Gasteiger partial charge in [0.1, 0.15) is 6.61 Å². The number of ether oxygens (including phenoxy) is 1. The Bertz CT molecular complexity index is 188. The van der Waals surface area contributed by atoms with E-state index in [1.807, 2.05) is 20.8 Å². The Kier molecular flexibility index (Phi) is 6.90. The number of nitrogens with one attached hydrogen (secondary N) is 1. The van der Waals surface area contributed by atoms with Gasteiger partial charge < -0.3 is 10.1 Å². The molecule has 0 rings (SSSR count). The number of alkyl halides is 4. The van der Waals surface area contributed by atoms with E-state index in [1.54, 1.807) is 0 Å². The second-order valence-electron chi connectivity index (χ2n) is 4.10. The molecular weight excluding hydrogens is 226 g/mol. The van der Waals surface area contributed by atoms with E-state index in [0.29, 0.717) is 12.5 Å². The monoisotopic (exact) mass is 245 g/mol. The van der Waals surface area contributed by atoms with Crippen LogP contribution in [0.15, 0.2) is 0 Å². The van der Waals surface area contributed by atoms with Crippen LogP contribution in [-0.2, 0) is 4.74 Å². The minimum Gasteiger partial charge on any atom is -0.374 e. The molecule has 0 saturated carbocycles. The van der Waals surface area contributed by atoms with Crippen LogP contribution >= 0.6 is 0 Å². The van der Waals surface area contributed by atoms with Crippen molar-refractivity contribution in [1.29, 1.82) is 0 Å². The molecule has 2 nitrogen and oxygen atoms in total. The van der Waals surface area contributed by atoms with E-state index in [2.05, 4.69) is 10.1 Å². The third-order valence-corrected chi connectivity index (χ3v) is 2.33. The fourth-order valence-corrected chi connectivity index (χ4v) is 0.866. The van der Waals surface area contributed by atoms with Gasteiger partial charge in [0.05, 0.1) is 6.61 Å². The average Bonchev–Trinajstić information content (AvgIpc) is 2.16. The third kappa shape index (κ3) is 6.27. The molecule has 0 aliphatic carbocycles. The molecule has 1 atom stereocenters. The van der Waals surface area contributed by atoms with Gasteiger partial charge in [-0.3, -0.25) is 0 Å². The Morgan fingerprint density at radius 2 is 1.75 bits per heavy atom. The van der Waals surface area contributed by atoms with E-state index in [-0.39, 0.29) is 12.6 Å². The summed E-state index contributed by atoms with van der Waals surface area (Å²) < 4.78 is 52.6. The maximum atomic E-state index is 12.4. The highest BCUT2D eigenvalue weighted by Gasteiger charge is 2.40. The summed E-state index contributed by atoms with van der Waals surface area (Å²) in [4.78, 5) is 0. The average molecular weight is 245 g/mol. The van der Waals surface area contributed by atoms with Crippen molar-refractivity contribution in [3.63, 3.8) is 0 Å². The van der Waals surface area contributed by atoms with Gasteiger partial charge in [-0.15, -0.1) is 0 Å². The molecule has 0 spiro atoms. The maximum absolute atomic E-state index is 12.4. The minimum atomic E-state index is -4.05. The summed E-state index contributed by atoms with van der Waals surface area (Å²) in [6.45, 7) is 5.13. The summed E-state index contributed by atoms with van der Waals surface area (Å²) in [7, 11) is 0. The molecule has 6 heteroatoms. The Morgan fingerprint density at radius 3 is 2.19 bits per heavy atom. The molecule has 0 aliphatic heterocycles. The van der Waals surface area contributed by atoms with Crippen molar-refractivity contribution in [3.05, 3.63) is 0 Å². The molecule has 0 aliphatic rings. The molecule has 16 heavy (non-hydrogen) atoms. The van der Waals surface area contributed by atoms with Crippen molar-refractivity contribution in [2.24, 2.45) is 5.92 Å². The second-order valence-corrected chi connectivity index (χ2v) is 4.10. The lowest BCUT2D eigenvalue weighted by Crippen LogP contribution is -2.36. The first-order valence-corrected chi connectivity index (χ1v) is 5.24. The van der Waals surface area contributed by atoms with Gasteiger partial charge in [-0.1, -0.05) is 13.8 Å². The van der Waals surface area contributed by atoms with E-state index in [9.17, 15) is 17.6 Å². The minimum absolute atomic E-state index is 0.000625. The summed E-state index contributed by atoms with van der Waals surface area (Å²) in [5.74, 6) is -3.63. The van der Waals surface area contributed by atoms with E-state index in [0.717, 1.165) is 0 Å². The van der Waals surface area contributed by atoms with Gasteiger partial charge in [0, 0.05) is 12.6 Å². The number of hydrogen-bond acceptors (Lipinski definition) is 2. The molecule has 1 N–H and O–H groups in total. The van der Waals surface area contributed by atoms with Crippen molar-refractivity contribution >= 4 is 0 Å². The molecule has 0 amide bonds. The highest BCUT2D eigenvalue weighted by molar-refractivity contribution is 4.68. The molecule has 0 saturated heterocycles. The van der Waals surface area contributed by atoms with Crippen molar-refractivity contribution in [2.75, 3.05) is 19.8 Å². The summed E-state index contributed by atoms with van der Waals surface area (Å²) >= 11 is 0. The largest absolute Gasteiger partial charge is 0.374 e. The summed E-state index contributed by atoms with van der Waals surface area (Å²) in [6.07, 6.45) is -3.67. The zero-order valence-corrected chi connectivity index (χ0v) is 9.77. The molecular formula is C10H19F4NO. The van der Waals surface area contributed by atoms with E-state index >= 15 is 0 Å². The lowest BCUT2D eigenvalue weighted by atomic mass is 10.1. The first-order chi connectivity index (χ1) is 7.27. The normalized spacial score (nSPS) is 14.8. The van der Waals surface area contributed by atoms with Gasteiger partial charge in [0.25, 0.3) is 0 Å². The molecule has 0 fully saturated rings. The van der Waals surface area contributed by atoms with Gasteiger partial charge in [0.15, 0.2) is 0 Å². The van der Waals surface area contributed by atoms with Crippen LogP contribution in [0.4, 0.5) is 17.6 Å². The predicted octanol–water partition coefficient (Wildman–Crippen LogP) is 2.54. The summed E-state index contributed by atoms with van der Waals surface area (Å²) in [5, 5.41) is 3.04. The lowest BCUT2D eigenvalue weighted by molar-refractivity contribution is -0.165. The lowest BCUT2D eigenvalue weighted by Gasteiger charge is -2.18. The first-order valence-electron chi connectivity index (χ1n) is 5.24. The van der Waals surface area contributed by atoms with Crippen LogP contribution < -0.4 is 5.32 Å². The molecule has 0 heterocycles. The highest BCUT2D eigenvalue weighted by Crippen LogP contribution is 2.22. The van der Waals surface area contributed by atoms with Crippen LogP contribution in [0.5, 0.6) is 0 Å². The van der Waals surface area contributed by atoms with Crippen molar-refractivity contribution in [2.45, 2.75) is 39.2 Å². The van der Waals surface area contributed by atoms with E-state index in [4.69, 9.17) is 0 Å². The van der Waals surface area contributed by atoms with Crippen LogP contribution in [0.25, 0.3) is 0 Å². The van der Waals surface area contributed by atoms with Crippen LogP contribution in [0.3, 0.4) is 0 Å². The molecule has 0 aromatic carbocycles. The summed E-state index contributed by atoms with van der Waals surface area (Å²) in [6, 6.07) is 0.235. The van der Waals surface area contributed by atoms with Crippen molar-refractivity contribution in [3.8, 4) is 0 Å². The Labute approximate surface area is 93.3 Å². The molecule has 0 aromatic heterocycles. The predicted molar refractivity (Wildman–Crippen MR) is 54.1 cm³/mol. The Hall–Kier alpha value is -0.360. The maximum Gasteiger partial charge on any atom is 0.330 e. The molecule has 0 radical (unpaired) electrons. The number of halogens is 4. The molecule has 0 aromatic rings. The van der Waals surface area contributed by atoms with Crippen LogP contribution in [0.1, 0.15) is 20.8 Å². The van der Waals surface area contributed by atoms with Crippen molar-refractivity contribution in [1.82, 2.24) is 5.32 Å². The van der Waals surface area contributed by atoms with E-state index in [1.165, 1.54) is 0 Å². The smallest absolute Gasteiger partial charge is 0.330 e. The quantitative estimate of drug-likeness (QED) is 0.524. The van der Waals surface area contributed by atoms with Gasteiger partial charge in [-0.2, -0.15) is 8.78 Å². The molecule has 1 unspecified atom stereocenters. The molecule has 98 valence electrons. The zero-order chi connectivity index (χ0) is 12.8. The van der Waals surface area contributed by atoms with Crippen LogP contribution in [0.2, 0.25) is 0 Å². The number of hydrogen-bond donors (Lipinski definition) is 1. The Balaban J connectivity index is 3.54. The topological polar surface area (TPSA) is 21.3 Å². The van der Waals surface area contributed by atoms with Crippen LogP contribution in [-0.4, -0.2) is 38.1 Å². The standard InChI is InChI=1S/C10H19F4NO/c1-7(2)8(3)15-4-5-16-6-10(13,14)9(11)12/h7-9,15H,4-6H2,1-3H3. The fourth-order valence-electron chi connectivity index (χ4n) is 0.866.